The number of hydrogen-bond donors (Lipinski definition) is 2. The molecule has 0 radical (unpaired) electrons. The number of nitrogens with one attached hydrogen (secondary N) is 1. The van der Waals surface area contributed by atoms with Gasteiger partial charge in [0.1, 0.15) is 0 Å². The summed E-state index contributed by atoms with van der Waals surface area (Å²) < 4.78 is 10.5. The van der Waals surface area contributed by atoms with E-state index in [1.807, 2.05) is 12.1 Å². The number of halogens is 1. The molecule has 0 saturated heterocycles. The molecule has 0 bridgehead atoms. The topological polar surface area (TPSA) is 56.5 Å². The van der Waals surface area contributed by atoms with Crippen LogP contribution in [0.25, 0.3) is 0 Å². The van der Waals surface area contributed by atoms with Crippen molar-refractivity contribution in [1.82, 2.24) is 5.32 Å². The van der Waals surface area contributed by atoms with E-state index in [2.05, 4.69) is 11.9 Å². The molecule has 0 heterocycles. The van der Waals surface area contributed by atoms with Gasteiger partial charge in [0.25, 0.3) is 0 Å². The molecule has 0 saturated carbocycles. The molecule has 1 atom stereocenters. The number of ether oxygens (including phenoxy) is 2. The van der Waals surface area contributed by atoms with Crippen LogP contribution in [0.5, 0.6) is 11.5 Å². The Morgan fingerprint density at radius 3 is 2.67 bits per heavy atom. The van der Waals surface area contributed by atoms with Crippen molar-refractivity contribution >= 4 is 11.6 Å². The molecule has 5 heteroatoms. The fourth-order valence-electron chi connectivity index (χ4n) is 1.72. The second-order valence-electron chi connectivity index (χ2n) is 3.69. The summed E-state index contributed by atoms with van der Waals surface area (Å²) in [5.41, 5.74) is 6.64. The van der Waals surface area contributed by atoms with Crippen molar-refractivity contribution < 1.29 is 9.47 Å². The standard InChI is InChI=1S/C13H19ClN2O2/c1-4-7-16-10(8-15)9-5-6-11(17-2)13(18-3)12(9)14/h4-6,10,16H,1,7-8,15H2,2-3H3. The molecule has 0 aliphatic rings. The molecule has 100 valence electrons. The van der Waals surface area contributed by atoms with E-state index in [-0.39, 0.29) is 6.04 Å². The van der Waals surface area contributed by atoms with Crippen molar-refractivity contribution in [2.75, 3.05) is 27.3 Å². The zero-order valence-electron chi connectivity index (χ0n) is 10.7. The predicted octanol–water partition coefficient (Wildman–Crippen LogP) is 2.13. The second-order valence-corrected chi connectivity index (χ2v) is 4.07. The Labute approximate surface area is 113 Å². The maximum absolute atomic E-state index is 6.32. The lowest BCUT2D eigenvalue weighted by atomic mass is 10.1. The van der Waals surface area contributed by atoms with Gasteiger partial charge in [-0.25, -0.2) is 0 Å². The van der Waals surface area contributed by atoms with Crippen molar-refractivity contribution in [3.63, 3.8) is 0 Å². The molecule has 1 aromatic rings. The third-order valence-electron chi connectivity index (χ3n) is 2.63. The number of hydrogen-bond acceptors (Lipinski definition) is 4. The van der Waals surface area contributed by atoms with E-state index in [9.17, 15) is 0 Å². The fourth-order valence-corrected chi connectivity index (χ4v) is 2.08. The summed E-state index contributed by atoms with van der Waals surface area (Å²) in [6, 6.07) is 3.66. The van der Waals surface area contributed by atoms with Crippen LogP contribution in [-0.4, -0.2) is 27.3 Å². The van der Waals surface area contributed by atoms with Gasteiger partial charge in [-0.1, -0.05) is 23.7 Å². The van der Waals surface area contributed by atoms with Gasteiger partial charge in [0, 0.05) is 19.1 Å². The molecule has 3 N–H and O–H groups in total. The third kappa shape index (κ3) is 3.16. The van der Waals surface area contributed by atoms with Crippen LogP contribution >= 0.6 is 11.6 Å². The highest BCUT2D eigenvalue weighted by Crippen LogP contribution is 2.39. The van der Waals surface area contributed by atoms with Crippen LogP contribution in [0.2, 0.25) is 5.02 Å². The molecule has 1 aromatic carbocycles. The highest BCUT2D eigenvalue weighted by Gasteiger charge is 2.18. The smallest absolute Gasteiger partial charge is 0.179 e. The first-order valence-corrected chi connectivity index (χ1v) is 6.02. The maximum atomic E-state index is 6.32. The van der Waals surface area contributed by atoms with Crippen molar-refractivity contribution in [3.05, 3.63) is 35.4 Å². The molecular formula is C13H19ClN2O2. The van der Waals surface area contributed by atoms with E-state index >= 15 is 0 Å². The molecule has 0 amide bonds. The highest BCUT2D eigenvalue weighted by molar-refractivity contribution is 6.33. The van der Waals surface area contributed by atoms with Crippen LogP contribution in [-0.2, 0) is 0 Å². The van der Waals surface area contributed by atoms with Gasteiger partial charge < -0.3 is 20.5 Å². The zero-order valence-corrected chi connectivity index (χ0v) is 11.5. The lowest BCUT2D eigenvalue weighted by Crippen LogP contribution is -2.28. The van der Waals surface area contributed by atoms with Crippen LogP contribution in [0.3, 0.4) is 0 Å². The Morgan fingerprint density at radius 1 is 1.44 bits per heavy atom. The molecule has 18 heavy (non-hydrogen) atoms. The minimum atomic E-state index is -0.0460. The Kier molecular flexibility index (Phi) is 5.98. The van der Waals surface area contributed by atoms with Gasteiger partial charge in [-0.3, -0.25) is 0 Å². The Balaban J connectivity index is 3.11. The Hall–Kier alpha value is -1.23. The number of nitrogens with two attached hydrogens (primary N) is 1. The summed E-state index contributed by atoms with van der Waals surface area (Å²) in [4.78, 5) is 0. The molecule has 1 rings (SSSR count). The molecule has 0 aromatic heterocycles. The van der Waals surface area contributed by atoms with Gasteiger partial charge in [0.05, 0.1) is 19.2 Å². The van der Waals surface area contributed by atoms with E-state index < -0.39 is 0 Å². The molecule has 0 spiro atoms. The predicted molar refractivity (Wildman–Crippen MR) is 74.6 cm³/mol. The van der Waals surface area contributed by atoms with Crippen LogP contribution in [0.4, 0.5) is 0 Å². The van der Waals surface area contributed by atoms with Gasteiger partial charge in [0.15, 0.2) is 11.5 Å². The van der Waals surface area contributed by atoms with Gasteiger partial charge in [-0.2, -0.15) is 0 Å². The van der Waals surface area contributed by atoms with Crippen molar-refractivity contribution in [3.8, 4) is 11.5 Å². The van der Waals surface area contributed by atoms with Gasteiger partial charge in [0.2, 0.25) is 0 Å². The molecule has 0 fully saturated rings. The average Bonchev–Trinajstić information content (AvgIpc) is 2.40. The van der Waals surface area contributed by atoms with Crippen LogP contribution in [0.15, 0.2) is 24.8 Å². The zero-order chi connectivity index (χ0) is 13.5. The first-order valence-electron chi connectivity index (χ1n) is 5.64. The lowest BCUT2D eigenvalue weighted by Gasteiger charge is -2.20. The maximum Gasteiger partial charge on any atom is 0.179 e. The van der Waals surface area contributed by atoms with Gasteiger partial charge >= 0.3 is 0 Å². The number of methoxy groups -OCH3 is 2. The van der Waals surface area contributed by atoms with E-state index in [1.165, 1.54) is 0 Å². The number of rotatable bonds is 7. The third-order valence-corrected chi connectivity index (χ3v) is 3.02. The lowest BCUT2D eigenvalue weighted by molar-refractivity contribution is 0.354. The molecule has 4 nitrogen and oxygen atoms in total. The monoisotopic (exact) mass is 270 g/mol. The van der Waals surface area contributed by atoms with Crippen molar-refractivity contribution in [2.45, 2.75) is 6.04 Å². The summed E-state index contributed by atoms with van der Waals surface area (Å²) in [7, 11) is 3.13. The van der Waals surface area contributed by atoms with E-state index in [1.54, 1.807) is 20.3 Å². The van der Waals surface area contributed by atoms with Gasteiger partial charge in [-0.05, 0) is 11.6 Å². The Morgan fingerprint density at radius 2 is 2.17 bits per heavy atom. The molecule has 1 unspecified atom stereocenters. The van der Waals surface area contributed by atoms with Crippen molar-refractivity contribution in [2.24, 2.45) is 5.73 Å². The first kappa shape index (κ1) is 14.8. The minimum Gasteiger partial charge on any atom is -0.493 e. The largest absolute Gasteiger partial charge is 0.493 e. The summed E-state index contributed by atoms with van der Waals surface area (Å²) in [5, 5.41) is 3.76. The highest BCUT2D eigenvalue weighted by atomic mass is 35.5. The average molecular weight is 271 g/mol. The first-order chi connectivity index (χ1) is 8.69. The van der Waals surface area contributed by atoms with Crippen molar-refractivity contribution in [1.29, 1.82) is 0 Å². The second kappa shape index (κ2) is 7.26. The van der Waals surface area contributed by atoms with Crippen LogP contribution < -0.4 is 20.5 Å². The van der Waals surface area contributed by atoms with Crippen LogP contribution in [0.1, 0.15) is 11.6 Å². The van der Waals surface area contributed by atoms with E-state index in [0.717, 1.165) is 5.56 Å². The summed E-state index contributed by atoms with van der Waals surface area (Å²) >= 11 is 6.32. The number of benzene rings is 1. The summed E-state index contributed by atoms with van der Waals surface area (Å²) in [6.45, 7) is 4.76. The van der Waals surface area contributed by atoms with Gasteiger partial charge in [-0.15, -0.1) is 6.58 Å². The molecular weight excluding hydrogens is 252 g/mol. The quantitative estimate of drug-likeness (QED) is 0.746. The van der Waals surface area contributed by atoms with Crippen LogP contribution in [0, 0.1) is 0 Å². The molecule has 0 aliphatic heterocycles. The van der Waals surface area contributed by atoms with E-state index in [4.69, 9.17) is 26.8 Å². The summed E-state index contributed by atoms with van der Waals surface area (Å²) in [6.07, 6.45) is 1.78. The van der Waals surface area contributed by atoms with E-state index in [0.29, 0.717) is 29.6 Å². The summed E-state index contributed by atoms with van der Waals surface area (Å²) in [5.74, 6) is 1.13. The Bertz CT molecular complexity index is 410. The minimum absolute atomic E-state index is 0.0460. The molecule has 0 aliphatic carbocycles. The SMILES string of the molecule is C=CCNC(CN)c1ccc(OC)c(OC)c1Cl. The normalized spacial score (nSPS) is 12.0. The fraction of sp³-hybridized carbons (Fsp3) is 0.385.